The maximum atomic E-state index is 5.72. The maximum absolute atomic E-state index is 5.72. The van der Waals surface area contributed by atoms with Gasteiger partial charge in [-0.3, -0.25) is 0 Å². The van der Waals surface area contributed by atoms with Gasteiger partial charge in [-0.05, 0) is 30.5 Å². The Bertz CT molecular complexity index is 380. The topological polar surface area (TPSA) is 27.7 Å². The van der Waals surface area contributed by atoms with Crippen LogP contribution in [0.4, 0.5) is 0 Å². The third-order valence-electron chi connectivity index (χ3n) is 3.74. The van der Waals surface area contributed by atoms with Crippen LogP contribution in [0.1, 0.15) is 45.1 Å². The molecule has 1 saturated heterocycles. The molecule has 0 bridgehead atoms. The predicted molar refractivity (Wildman–Crippen MR) is 84.6 cm³/mol. The van der Waals surface area contributed by atoms with Crippen molar-refractivity contribution in [3.05, 3.63) is 29.8 Å². The average molecular weight is 292 g/mol. The van der Waals surface area contributed by atoms with Crippen molar-refractivity contribution in [2.24, 2.45) is 5.92 Å². The van der Waals surface area contributed by atoms with Gasteiger partial charge in [-0.25, -0.2) is 0 Å². The Morgan fingerprint density at radius 2 is 1.81 bits per heavy atom. The number of benzene rings is 1. The monoisotopic (exact) mass is 292 g/mol. The fraction of sp³-hybridized carbons (Fsp3) is 0.667. The summed E-state index contributed by atoms with van der Waals surface area (Å²) in [5.74, 6) is 1.49. The lowest BCUT2D eigenvalue weighted by atomic mass is 10.1. The summed E-state index contributed by atoms with van der Waals surface area (Å²) >= 11 is 0. The summed E-state index contributed by atoms with van der Waals surface area (Å²) in [6.45, 7) is 6.80. The predicted octanol–water partition coefficient (Wildman–Crippen LogP) is 4.20. The molecule has 0 aromatic heterocycles. The molecule has 1 aliphatic heterocycles. The molecule has 2 rings (SSSR count). The number of hydrogen-bond acceptors (Lipinski definition) is 3. The lowest BCUT2D eigenvalue weighted by Crippen LogP contribution is -2.30. The Morgan fingerprint density at radius 1 is 1.10 bits per heavy atom. The first kappa shape index (κ1) is 16.3. The number of ether oxygens (including phenoxy) is 3. The third kappa shape index (κ3) is 6.06. The van der Waals surface area contributed by atoms with Gasteiger partial charge in [-0.1, -0.05) is 38.8 Å². The molecule has 0 N–H and O–H groups in total. The zero-order chi connectivity index (χ0) is 14.9. The first-order chi connectivity index (χ1) is 10.3. The van der Waals surface area contributed by atoms with Crippen molar-refractivity contribution in [2.45, 2.75) is 52.2 Å². The van der Waals surface area contributed by atoms with E-state index in [1.165, 1.54) is 18.4 Å². The van der Waals surface area contributed by atoms with Crippen LogP contribution in [-0.2, 0) is 15.9 Å². The molecule has 1 aromatic rings. The number of unbranched alkanes of at least 4 members (excludes halogenated alkanes) is 2. The quantitative estimate of drug-likeness (QED) is 0.672. The molecule has 21 heavy (non-hydrogen) atoms. The molecule has 0 aliphatic carbocycles. The molecule has 0 radical (unpaired) electrons. The summed E-state index contributed by atoms with van der Waals surface area (Å²) in [4.78, 5) is 0. The lowest BCUT2D eigenvalue weighted by Gasteiger charge is -2.27. The molecule has 1 aliphatic rings. The van der Waals surface area contributed by atoms with Gasteiger partial charge in [0.25, 0.3) is 0 Å². The molecule has 0 amide bonds. The van der Waals surface area contributed by atoms with Gasteiger partial charge in [0.2, 0.25) is 0 Å². The lowest BCUT2D eigenvalue weighted by molar-refractivity contribution is -0.199. The normalized spacial score (nSPS) is 22.2. The zero-order valence-electron chi connectivity index (χ0n) is 13.3. The third-order valence-corrected chi connectivity index (χ3v) is 3.74. The van der Waals surface area contributed by atoms with E-state index in [9.17, 15) is 0 Å². The summed E-state index contributed by atoms with van der Waals surface area (Å²) in [5.41, 5.74) is 1.31. The van der Waals surface area contributed by atoms with Gasteiger partial charge in [0, 0.05) is 12.3 Å². The van der Waals surface area contributed by atoms with Crippen molar-refractivity contribution < 1.29 is 14.2 Å². The first-order valence-electron chi connectivity index (χ1n) is 8.23. The Kier molecular flexibility index (Phi) is 7.04. The summed E-state index contributed by atoms with van der Waals surface area (Å²) in [7, 11) is 0. The number of rotatable bonds is 8. The van der Waals surface area contributed by atoms with E-state index in [4.69, 9.17) is 14.2 Å². The van der Waals surface area contributed by atoms with Crippen LogP contribution in [0.15, 0.2) is 24.3 Å². The smallest absolute Gasteiger partial charge is 0.157 e. The van der Waals surface area contributed by atoms with Crippen LogP contribution in [0.3, 0.4) is 0 Å². The van der Waals surface area contributed by atoms with Gasteiger partial charge >= 0.3 is 0 Å². The van der Waals surface area contributed by atoms with Crippen molar-refractivity contribution >= 4 is 0 Å². The minimum absolute atomic E-state index is 0.0360. The van der Waals surface area contributed by atoms with Crippen molar-refractivity contribution in [1.29, 1.82) is 0 Å². The molecule has 0 atom stereocenters. The number of aryl methyl sites for hydroxylation is 1. The van der Waals surface area contributed by atoms with Gasteiger partial charge in [0.05, 0.1) is 19.8 Å². The van der Waals surface area contributed by atoms with Crippen molar-refractivity contribution in [1.82, 2.24) is 0 Å². The maximum Gasteiger partial charge on any atom is 0.157 e. The van der Waals surface area contributed by atoms with Crippen molar-refractivity contribution in [3.63, 3.8) is 0 Å². The Labute approximate surface area is 128 Å². The molecule has 1 heterocycles. The molecule has 118 valence electrons. The highest BCUT2D eigenvalue weighted by molar-refractivity contribution is 5.27. The fourth-order valence-corrected chi connectivity index (χ4v) is 2.39. The molecular formula is C18H28O3. The van der Waals surface area contributed by atoms with E-state index in [-0.39, 0.29) is 6.29 Å². The van der Waals surface area contributed by atoms with E-state index in [1.54, 1.807) is 0 Å². The SMILES string of the molecule is CCCCCOc1ccc(CCC2OCC(C)CO2)cc1. The van der Waals surface area contributed by atoms with Crippen LogP contribution < -0.4 is 4.74 Å². The van der Waals surface area contributed by atoms with E-state index < -0.39 is 0 Å². The zero-order valence-corrected chi connectivity index (χ0v) is 13.3. The van der Waals surface area contributed by atoms with Crippen LogP contribution in [-0.4, -0.2) is 26.1 Å². The largest absolute Gasteiger partial charge is 0.494 e. The van der Waals surface area contributed by atoms with Crippen LogP contribution >= 0.6 is 0 Å². The highest BCUT2D eigenvalue weighted by Crippen LogP contribution is 2.18. The van der Waals surface area contributed by atoms with E-state index in [0.717, 1.165) is 44.8 Å². The molecule has 0 spiro atoms. The van der Waals surface area contributed by atoms with E-state index >= 15 is 0 Å². The molecule has 3 heteroatoms. The Balaban J connectivity index is 1.67. The van der Waals surface area contributed by atoms with Gasteiger partial charge in [-0.2, -0.15) is 0 Å². The van der Waals surface area contributed by atoms with Crippen LogP contribution in [0, 0.1) is 5.92 Å². The molecule has 1 aromatic carbocycles. The van der Waals surface area contributed by atoms with E-state index in [1.807, 2.05) is 0 Å². The minimum Gasteiger partial charge on any atom is -0.494 e. The van der Waals surface area contributed by atoms with Gasteiger partial charge < -0.3 is 14.2 Å². The molecule has 3 nitrogen and oxygen atoms in total. The van der Waals surface area contributed by atoms with Crippen LogP contribution in [0.2, 0.25) is 0 Å². The highest BCUT2D eigenvalue weighted by atomic mass is 16.7. The van der Waals surface area contributed by atoms with Crippen molar-refractivity contribution in [2.75, 3.05) is 19.8 Å². The fourth-order valence-electron chi connectivity index (χ4n) is 2.39. The molecule has 1 fully saturated rings. The summed E-state index contributed by atoms with van der Waals surface area (Å²) < 4.78 is 17.0. The second-order valence-corrected chi connectivity index (χ2v) is 5.94. The van der Waals surface area contributed by atoms with Crippen molar-refractivity contribution in [3.8, 4) is 5.75 Å². The summed E-state index contributed by atoms with van der Waals surface area (Å²) in [6.07, 6.45) is 5.46. The van der Waals surface area contributed by atoms with E-state index in [2.05, 4.69) is 38.1 Å². The molecular weight excluding hydrogens is 264 g/mol. The van der Waals surface area contributed by atoms with Crippen LogP contribution in [0.5, 0.6) is 5.75 Å². The second-order valence-electron chi connectivity index (χ2n) is 5.94. The van der Waals surface area contributed by atoms with Gasteiger partial charge in [0.15, 0.2) is 6.29 Å². The summed E-state index contributed by atoms with van der Waals surface area (Å²) in [6, 6.07) is 8.40. The standard InChI is InChI=1S/C18H28O3/c1-3-4-5-12-19-17-9-6-16(7-10-17)8-11-18-20-13-15(2)14-21-18/h6-7,9-10,15,18H,3-5,8,11-14H2,1-2H3. The van der Waals surface area contributed by atoms with E-state index in [0.29, 0.717) is 5.92 Å². The Hall–Kier alpha value is -1.06. The van der Waals surface area contributed by atoms with Gasteiger partial charge in [0.1, 0.15) is 5.75 Å². The second kappa shape index (κ2) is 9.06. The molecule has 0 unspecified atom stereocenters. The Morgan fingerprint density at radius 3 is 2.48 bits per heavy atom. The molecule has 0 saturated carbocycles. The van der Waals surface area contributed by atoms with Gasteiger partial charge in [-0.15, -0.1) is 0 Å². The number of hydrogen-bond donors (Lipinski definition) is 0. The highest BCUT2D eigenvalue weighted by Gasteiger charge is 2.18. The summed E-state index contributed by atoms with van der Waals surface area (Å²) in [5, 5.41) is 0. The average Bonchev–Trinajstić information content (AvgIpc) is 2.52. The first-order valence-corrected chi connectivity index (χ1v) is 8.23. The minimum atomic E-state index is -0.0360. The van der Waals surface area contributed by atoms with Crippen LogP contribution in [0.25, 0.3) is 0 Å².